The van der Waals surface area contributed by atoms with Gasteiger partial charge in [-0.2, -0.15) is 0 Å². The van der Waals surface area contributed by atoms with Crippen molar-refractivity contribution >= 4 is 18.4 Å². The molecular weight excluding hydrogens is 217 g/mol. The van der Waals surface area contributed by atoms with Gasteiger partial charge in [0.25, 0.3) is 0 Å². The van der Waals surface area contributed by atoms with Crippen LogP contribution in [-0.4, -0.2) is 68.7 Å². The van der Waals surface area contributed by atoms with Crippen LogP contribution in [0.4, 0.5) is 0 Å². The second kappa shape index (κ2) is 5.01. The number of nitrogens with zero attached hydrogens (tertiary/aromatic N) is 3. The molecule has 0 aliphatic carbocycles. The van der Waals surface area contributed by atoms with E-state index in [2.05, 4.69) is 16.6 Å². The highest BCUT2D eigenvalue weighted by atomic mass is 32.5. The molecular formula is C8H20N3OPS. The molecule has 14 heavy (non-hydrogen) atoms. The summed E-state index contributed by atoms with van der Waals surface area (Å²) >= 11 is 5.61. The second-order valence-corrected chi connectivity index (χ2v) is 7.92. The number of hydrogen-bond acceptors (Lipinski definition) is 3. The molecule has 1 unspecified atom stereocenters. The Morgan fingerprint density at radius 1 is 1.21 bits per heavy atom. The van der Waals surface area contributed by atoms with Crippen LogP contribution >= 0.6 is 6.57 Å². The summed E-state index contributed by atoms with van der Waals surface area (Å²) in [5.41, 5.74) is 0. The summed E-state index contributed by atoms with van der Waals surface area (Å²) in [6.07, 6.45) is 0. The van der Waals surface area contributed by atoms with Crippen molar-refractivity contribution in [3.8, 4) is 0 Å². The van der Waals surface area contributed by atoms with Gasteiger partial charge < -0.3 is 9.42 Å². The van der Waals surface area contributed by atoms with E-state index in [0.29, 0.717) is 0 Å². The molecule has 1 aliphatic rings. The maximum Gasteiger partial charge on any atom is 0.202 e. The number of likely N-dealkylation sites (N-methyl/N-ethyl adjacent to an activating group) is 1. The lowest BCUT2D eigenvalue weighted by Crippen LogP contribution is -2.44. The van der Waals surface area contributed by atoms with Crippen LogP contribution in [0.15, 0.2) is 0 Å². The Labute approximate surface area is 92.0 Å². The van der Waals surface area contributed by atoms with E-state index in [0.717, 1.165) is 26.2 Å². The smallest absolute Gasteiger partial charge is 0.202 e. The first-order chi connectivity index (χ1) is 6.50. The zero-order valence-electron chi connectivity index (χ0n) is 9.43. The van der Waals surface area contributed by atoms with Crippen molar-refractivity contribution in [2.45, 2.75) is 0 Å². The van der Waals surface area contributed by atoms with E-state index in [1.807, 2.05) is 18.8 Å². The first-order valence-electron chi connectivity index (χ1n) is 4.78. The van der Waals surface area contributed by atoms with Crippen LogP contribution in [0.3, 0.4) is 0 Å². The summed E-state index contributed by atoms with van der Waals surface area (Å²) in [5.74, 6) is 0. The minimum atomic E-state index is -1.90. The predicted molar refractivity (Wildman–Crippen MR) is 64.1 cm³/mol. The van der Waals surface area contributed by atoms with E-state index in [-0.39, 0.29) is 0 Å². The highest BCUT2D eigenvalue weighted by Crippen LogP contribution is 2.52. The van der Waals surface area contributed by atoms with Crippen molar-refractivity contribution in [1.29, 1.82) is 0 Å². The third kappa shape index (κ3) is 2.54. The number of hydrogen-bond donors (Lipinski definition) is 0. The average molecular weight is 237 g/mol. The van der Waals surface area contributed by atoms with Crippen LogP contribution in [0.25, 0.3) is 0 Å². The molecule has 6 heteroatoms. The van der Waals surface area contributed by atoms with E-state index in [9.17, 15) is 0 Å². The lowest BCUT2D eigenvalue weighted by Gasteiger charge is -2.41. The van der Waals surface area contributed by atoms with Gasteiger partial charge in [-0.25, -0.2) is 9.34 Å². The van der Waals surface area contributed by atoms with Crippen LogP contribution in [0, 0.1) is 0 Å². The normalized spacial score (nSPS) is 25.2. The number of rotatable bonds is 3. The summed E-state index contributed by atoms with van der Waals surface area (Å²) in [6.45, 7) is 2.28. The Morgan fingerprint density at radius 2 is 1.71 bits per heavy atom. The van der Waals surface area contributed by atoms with Crippen LogP contribution in [0.2, 0.25) is 0 Å². The molecule has 1 atom stereocenters. The van der Waals surface area contributed by atoms with Crippen LogP contribution < -0.4 is 0 Å². The lowest BCUT2D eigenvalue weighted by atomic mass is 10.4. The van der Waals surface area contributed by atoms with Gasteiger partial charge in [0.2, 0.25) is 6.57 Å². The molecule has 84 valence electrons. The fourth-order valence-corrected chi connectivity index (χ4v) is 3.82. The van der Waals surface area contributed by atoms with Gasteiger partial charge >= 0.3 is 0 Å². The van der Waals surface area contributed by atoms with E-state index in [4.69, 9.17) is 16.3 Å². The van der Waals surface area contributed by atoms with Gasteiger partial charge in [-0.15, -0.1) is 0 Å². The molecule has 0 N–H and O–H groups in total. The fourth-order valence-electron chi connectivity index (χ4n) is 1.58. The SMILES string of the molecule is COP(=S)(N(C)C)N1CCN(C)CC1. The molecule has 0 spiro atoms. The quantitative estimate of drug-likeness (QED) is 0.670. The molecule has 1 fully saturated rings. The van der Waals surface area contributed by atoms with Crippen LogP contribution in [0.1, 0.15) is 0 Å². The van der Waals surface area contributed by atoms with Crippen molar-refractivity contribution < 1.29 is 4.52 Å². The van der Waals surface area contributed by atoms with Crippen molar-refractivity contribution in [1.82, 2.24) is 14.2 Å². The van der Waals surface area contributed by atoms with E-state index in [1.54, 1.807) is 7.11 Å². The maximum absolute atomic E-state index is 5.61. The van der Waals surface area contributed by atoms with Gasteiger partial charge in [-0.05, 0) is 32.9 Å². The van der Waals surface area contributed by atoms with E-state index < -0.39 is 6.57 Å². The molecule has 0 aromatic heterocycles. The fraction of sp³-hybridized carbons (Fsp3) is 1.00. The lowest BCUT2D eigenvalue weighted by molar-refractivity contribution is 0.204. The summed E-state index contributed by atoms with van der Waals surface area (Å²) in [7, 11) is 7.87. The summed E-state index contributed by atoms with van der Waals surface area (Å²) < 4.78 is 9.89. The molecule has 0 saturated carbocycles. The minimum absolute atomic E-state index is 1.01. The molecule has 0 aromatic rings. The Morgan fingerprint density at radius 3 is 2.07 bits per heavy atom. The highest BCUT2D eigenvalue weighted by molar-refractivity contribution is 8.09. The molecule has 4 nitrogen and oxygen atoms in total. The molecule has 1 saturated heterocycles. The molecule has 1 rings (SSSR count). The minimum Gasteiger partial charge on any atom is -0.330 e. The van der Waals surface area contributed by atoms with Crippen LogP contribution in [-0.2, 0) is 16.3 Å². The Hall–Kier alpha value is 0.490. The number of piperazine rings is 1. The van der Waals surface area contributed by atoms with Crippen molar-refractivity contribution in [3.05, 3.63) is 0 Å². The zero-order chi connectivity index (χ0) is 10.8. The van der Waals surface area contributed by atoms with Gasteiger partial charge in [0.15, 0.2) is 0 Å². The van der Waals surface area contributed by atoms with Crippen molar-refractivity contribution in [2.75, 3.05) is 54.4 Å². The first kappa shape index (κ1) is 12.6. The van der Waals surface area contributed by atoms with Gasteiger partial charge in [0, 0.05) is 33.3 Å². The third-order valence-electron chi connectivity index (χ3n) is 2.58. The predicted octanol–water partition coefficient (Wildman–Crippen LogP) is 0.666. The third-order valence-corrected chi connectivity index (χ3v) is 7.30. The standard InChI is InChI=1S/C8H20N3OPS/c1-9(2)13(14,12-4)11-7-5-10(3)6-8-11/h5-8H2,1-4H3. The monoisotopic (exact) mass is 237 g/mol. The van der Waals surface area contributed by atoms with Crippen molar-refractivity contribution in [2.24, 2.45) is 0 Å². The van der Waals surface area contributed by atoms with Crippen molar-refractivity contribution in [3.63, 3.8) is 0 Å². The molecule has 0 radical (unpaired) electrons. The largest absolute Gasteiger partial charge is 0.330 e. The molecule has 0 amide bonds. The molecule has 1 aliphatic heterocycles. The van der Waals surface area contributed by atoms with Gasteiger partial charge in [0.1, 0.15) is 0 Å². The Balaban J connectivity index is 2.67. The second-order valence-electron chi connectivity index (χ2n) is 3.78. The summed E-state index contributed by atoms with van der Waals surface area (Å²) in [4.78, 5) is 2.32. The maximum atomic E-state index is 5.61. The van der Waals surface area contributed by atoms with Gasteiger partial charge in [-0.3, -0.25) is 0 Å². The summed E-state index contributed by atoms with van der Waals surface area (Å²) in [6, 6.07) is 0. The van der Waals surface area contributed by atoms with E-state index in [1.165, 1.54) is 0 Å². The molecule has 0 bridgehead atoms. The summed E-state index contributed by atoms with van der Waals surface area (Å²) in [5, 5.41) is 0. The van der Waals surface area contributed by atoms with Crippen LogP contribution in [0.5, 0.6) is 0 Å². The first-order valence-corrected chi connectivity index (χ1v) is 7.41. The zero-order valence-corrected chi connectivity index (χ0v) is 11.1. The highest BCUT2D eigenvalue weighted by Gasteiger charge is 2.30. The Bertz CT molecular complexity index is 229. The molecule has 0 aromatic carbocycles. The van der Waals surface area contributed by atoms with Gasteiger partial charge in [-0.1, -0.05) is 0 Å². The Kier molecular flexibility index (Phi) is 4.50. The average Bonchev–Trinajstić information content (AvgIpc) is 2.17. The topological polar surface area (TPSA) is 19.0 Å². The van der Waals surface area contributed by atoms with Gasteiger partial charge in [0.05, 0.1) is 0 Å². The molecule has 1 heterocycles. The van der Waals surface area contributed by atoms with E-state index >= 15 is 0 Å².